The van der Waals surface area contributed by atoms with E-state index in [2.05, 4.69) is 33.4 Å². The first-order chi connectivity index (χ1) is 14.2. The Kier molecular flexibility index (Phi) is 5.59. The zero-order chi connectivity index (χ0) is 20.1. The first-order valence-electron chi connectivity index (χ1n) is 9.09. The number of nitrogens with zero attached hydrogens (tertiary/aromatic N) is 3. The van der Waals surface area contributed by atoms with Crippen molar-refractivity contribution in [1.29, 1.82) is 5.26 Å². The van der Waals surface area contributed by atoms with Crippen LogP contribution in [0.4, 0.5) is 0 Å². The van der Waals surface area contributed by atoms with Crippen LogP contribution in [-0.2, 0) is 5.75 Å². The molecule has 2 aromatic heterocycles. The van der Waals surface area contributed by atoms with Gasteiger partial charge >= 0.3 is 0 Å². The first-order valence-corrected chi connectivity index (χ1v) is 10.1. The molecule has 4 rings (SSSR count). The van der Waals surface area contributed by atoms with Crippen LogP contribution >= 0.6 is 11.8 Å². The van der Waals surface area contributed by atoms with Crippen molar-refractivity contribution < 1.29 is 4.42 Å². The SMILES string of the molecule is Cc1ccc(/C=C/c2nc(SCc3ccc(-c4ccccc4C#N)cc3)n[nH]2)o1. The molecular weight excluding hydrogens is 380 g/mol. The summed E-state index contributed by atoms with van der Waals surface area (Å²) in [5.74, 6) is 3.11. The Bertz CT molecular complexity index is 1180. The fraction of sp³-hybridized carbons (Fsp3) is 0.0870. The van der Waals surface area contributed by atoms with E-state index in [9.17, 15) is 5.26 Å². The molecule has 6 heteroatoms. The lowest BCUT2D eigenvalue weighted by atomic mass is 10.00. The Balaban J connectivity index is 1.38. The van der Waals surface area contributed by atoms with Gasteiger partial charge in [0.05, 0.1) is 11.6 Å². The molecule has 4 aromatic rings. The number of aromatic nitrogens is 3. The van der Waals surface area contributed by atoms with E-state index < -0.39 is 0 Å². The number of hydrogen-bond acceptors (Lipinski definition) is 5. The monoisotopic (exact) mass is 398 g/mol. The zero-order valence-corrected chi connectivity index (χ0v) is 16.6. The molecule has 0 aliphatic carbocycles. The third-order valence-corrected chi connectivity index (χ3v) is 5.25. The van der Waals surface area contributed by atoms with Crippen LogP contribution in [0.1, 0.15) is 28.5 Å². The quantitative estimate of drug-likeness (QED) is 0.421. The molecule has 0 spiro atoms. The number of hydrogen-bond donors (Lipinski definition) is 1. The lowest BCUT2D eigenvalue weighted by molar-refractivity contribution is 0.525. The lowest BCUT2D eigenvalue weighted by Gasteiger charge is -2.05. The molecular formula is C23H18N4OS. The molecule has 0 atom stereocenters. The highest BCUT2D eigenvalue weighted by Crippen LogP contribution is 2.25. The molecule has 142 valence electrons. The lowest BCUT2D eigenvalue weighted by Crippen LogP contribution is -1.86. The van der Waals surface area contributed by atoms with Crippen LogP contribution in [0, 0.1) is 18.3 Å². The van der Waals surface area contributed by atoms with E-state index in [-0.39, 0.29) is 0 Å². The van der Waals surface area contributed by atoms with Crippen LogP contribution in [-0.4, -0.2) is 15.2 Å². The van der Waals surface area contributed by atoms with Crippen molar-refractivity contribution in [2.45, 2.75) is 17.8 Å². The number of H-pyrrole nitrogens is 1. The Morgan fingerprint density at radius 3 is 2.66 bits per heavy atom. The highest BCUT2D eigenvalue weighted by molar-refractivity contribution is 7.98. The van der Waals surface area contributed by atoms with E-state index >= 15 is 0 Å². The maximum absolute atomic E-state index is 9.27. The van der Waals surface area contributed by atoms with Gasteiger partial charge in [0, 0.05) is 5.75 Å². The number of thioether (sulfide) groups is 1. The minimum absolute atomic E-state index is 0.681. The van der Waals surface area contributed by atoms with Crippen LogP contribution < -0.4 is 0 Å². The molecule has 0 radical (unpaired) electrons. The van der Waals surface area contributed by atoms with E-state index in [0.717, 1.165) is 28.4 Å². The minimum atomic E-state index is 0.681. The van der Waals surface area contributed by atoms with Crippen LogP contribution in [0.25, 0.3) is 23.3 Å². The van der Waals surface area contributed by atoms with Gasteiger partial charge in [0.15, 0.2) is 0 Å². The summed E-state index contributed by atoms with van der Waals surface area (Å²) in [4.78, 5) is 4.47. The Labute approximate surface area is 173 Å². The van der Waals surface area contributed by atoms with Gasteiger partial charge in [0.2, 0.25) is 5.16 Å². The van der Waals surface area contributed by atoms with Gasteiger partial charge < -0.3 is 4.42 Å². The van der Waals surface area contributed by atoms with E-state index in [1.807, 2.05) is 67.6 Å². The number of furan rings is 1. The maximum Gasteiger partial charge on any atom is 0.209 e. The molecule has 0 aliphatic rings. The molecule has 2 aromatic carbocycles. The average Bonchev–Trinajstić information content (AvgIpc) is 3.39. The van der Waals surface area contributed by atoms with Crippen molar-refractivity contribution in [3.63, 3.8) is 0 Å². The molecule has 0 fully saturated rings. The van der Waals surface area contributed by atoms with Crippen molar-refractivity contribution in [3.05, 3.63) is 89.1 Å². The summed E-state index contributed by atoms with van der Waals surface area (Å²) in [5.41, 5.74) is 3.84. The number of rotatable bonds is 6. The van der Waals surface area contributed by atoms with Gasteiger partial charge in [-0.15, -0.1) is 5.10 Å². The molecule has 1 N–H and O–H groups in total. The smallest absolute Gasteiger partial charge is 0.209 e. The van der Waals surface area contributed by atoms with Crippen LogP contribution in [0.2, 0.25) is 0 Å². The van der Waals surface area contributed by atoms with Gasteiger partial charge in [0.25, 0.3) is 0 Å². The molecule has 2 heterocycles. The van der Waals surface area contributed by atoms with E-state index in [1.165, 1.54) is 5.56 Å². The Hall–Kier alpha value is -3.56. The standard InChI is InChI=1S/C23H18N4OS/c1-16-6-11-20(28-16)12-13-22-25-23(27-26-22)29-15-17-7-9-18(10-8-17)21-5-3-2-4-19(21)14-24/h2-13H,15H2,1H3,(H,25,26,27)/b13-12+. The third kappa shape index (κ3) is 4.65. The Morgan fingerprint density at radius 1 is 1.07 bits per heavy atom. The summed E-state index contributed by atoms with van der Waals surface area (Å²) in [6.07, 6.45) is 3.70. The molecule has 0 amide bonds. The number of benzene rings is 2. The first kappa shape index (κ1) is 18.8. The number of nitrogens with one attached hydrogen (secondary N) is 1. The van der Waals surface area contributed by atoms with E-state index in [4.69, 9.17) is 4.42 Å². The van der Waals surface area contributed by atoms with E-state index in [1.54, 1.807) is 11.8 Å². The average molecular weight is 398 g/mol. The topological polar surface area (TPSA) is 78.5 Å². The van der Waals surface area contributed by atoms with Gasteiger partial charge in [-0.05, 0) is 54.0 Å². The van der Waals surface area contributed by atoms with Crippen LogP contribution in [0.5, 0.6) is 0 Å². The van der Waals surface area contributed by atoms with Crippen molar-refractivity contribution in [3.8, 4) is 17.2 Å². The number of nitriles is 1. The summed E-state index contributed by atoms with van der Waals surface area (Å²) in [6, 6.07) is 21.9. The second-order valence-corrected chi connectivity index (χ2v) is 7.37. The molecule has 0 saturated heterocycles. The highest BCUT2D eigenvalue weighted by atomic mass is 32.2. The molecule has 0 unspecified atom stereocenters. The normalized spacial score (nSPS) is 11.0. The summed E-state index contributed by atoms with van der Waals surface area (Å²) < 4.78 is 5.50. The van der Waals surface area contributed by atoms with Crippen LogP contribution in [0.15, 0.2) is 70.2 Å². The predicted molar refractivity (Wildman–Crippen MR) is 115 cm³/mol. The molecule has 0 saturated carbocycles. The highest BCUT2D eigenvalue weighted by Gasteiger charge is 2.06. The van der Waals surface area contributed by atoms with Gasteiger partial charge in [-0.2, -0.15) is 5.26 Å². The van der Waals surface area contributed by atoms with Gasteiger partial charge in [0.1, 0.15) is 17.3 Å². The van der Waals surface area contributed by atoms with Crippen molar-refractivity contribution in [2.24, 2.45) is 0 Å². The maximum atomic E-state index is 9.27. The molecule has 0 aliphatic heterocycles. The third-order valence-electron chi connectivity index (χ3n) is 4.33. The summed E-state index contributed by atoms with van der Waals surface area (Å²) in [7, 11) is 0. The van der Waals surface area contributed by atoms with Crippen molar-refractivity contribution in [1.82, 2.24) is 15.2 Å². The Morgan fingerprint density at radius 2 is 1.90 bits per heavy atom. The van der Waals surface area contributed by atoms with Gasteiger partial charge in [-0.25, -0.2) is 4.98 Å². The zero-order valence-electron chi connectivity index (χ0n) is 15.8. The number of aryl methyl sites for hydroxylation is 1. The summed E-state index contributed by atoms with van der Waals surface area (Å²) >= 11 is 1.57. The number of aromatic amines is 1. The summed E-state index contributed by atoms with van der Waals surface area (Å²) in [6.45, 7) is 1.91. The van der Waals surface area contributed by atoms with Gasteiger partial charge in [-0.1, -0.05) is 54.2 Å². The molecule has 29 heavy (non-hydrogen) atoms. The predicted octanol–water partition coefficient (Wildman–Crippen LogP) is 5.71. The second-order valence-electron chi connectivity index (χ2n) is 6.43. The fourth-order valence-corrected chi connectivity index (χ4v) is 3.62. The minimum Gasteiger partial charge on any atom is -0.462 e. The fourth-order valence-electron chi connectivity index (χ4n) is 2.86. The van der Waals surface area contributed by atoms with E-state index in [0.29, 0.717) is 16.5 Å². The van der Waals surface area contributed by atoms with Crippen molar-refractivity contribution in [2.75, 3.05) is 0 Å². The largest absolute Gasteiger partial charge is 0.462 e. The molecule has 5 nitrogen and oxygen atoms in total. The summed E-state index contributed by atoms with van der Waals surface area (Å²) in [5, 5.41) is 17.1. The second kappa shape index (κ2) is 8.63. The van der Waals surface area contributed by atoms with Crippen molar-refractivity contribution >= 4 is 23.9 Å². The molecule has 0 bridgehead atoms. The van der Waals surface area contributed by atoms with Crippen LogP contribution in [0.3, 0.4) is 0 Å². The van der Waals surface area contributed by atoms with Gasteiger partial charge in [-0.3, -0.25) is 5.10 Å².